The molecule has 0 aromatic heterocycles. The van der Waals surface area contributed by atoms with Crippen LogP contribution < -0.4 is 0 Å². The number of allylic oxidation sites excluding steroid dienone is 1. The van der Waals surface area contributed by atoms with Gasteiger partial charge in [-0.05, 0) is 24.6 Å². The fraction of sp³-hybridized carbons (Fsp3) is 0.737. The third kappa shape index (κ3) is 4.37. The smallest absolute Gasteiger partial charge is 0.187 e. The van der Waals surface area contributed by atoms with Crippen LogP contribution in [0.3, 0.4) is 0 Å². The van der Waals surface area contributed by atoms with Crippen LogP contribution in [0, 0.1) is 5.41 Å². The van der Waals surface area contributed by atoms with Crippen molar-refractivity contribution in [2.75, 3.05) is 13.2 Å². The molecule has 1 heterocycles. The van der Waals surface area contributed by atoms with Gasteiger partial charge >= 0.3 is 0 Å². The van der Waals surface area contributed by atoms with E-state index in [1.165, 1.54) is 18.2 Å². The first-order valence-electron chi connectivity index (χ1n) is 9.17. The molecule has 28 heavy (non-hydrogen) atoms. The van der Waals surface area contributed by atoms with Crippen LogP contribution in [0.4, 0.5) is 0 Å². The molecule has 0 bridgehead atoms. The molecule has 0 amide bonds. The molecule has 160 valence electrons. The Morgan fingerprint density at radius 3 is 2.43 bits per heavy atom. The number of hydrogen-bond acceptors (Lipinski definition) is 9. The van der Waals surface area contributed by atoms with Crippen molar-refractivity contribution in [2.24, 2.45) is 5.41 Å². The van der Waals surface area contributed by atoms with E-state index >= 15 is 0 Å². The number of aliphatic hydroxyl groups excluding tert-OH is 5. The van der Waals surface area contributed by atoms with Crippen LogP contribution in [0.2, 0.25) is 0 Å². The molecule has 2 aliphatic rings. The van der Waals surface area contributed by atoms with Gasteiger partial charge in [0, 0.05) is 11.8 Å². The van der Waals surface area contributed by atoms with E-state index in [1.807, 2.05) is 0 Å². The van der Waals surface area contributed by atoms with Crippen LogP contribution in [0.25, 0.3) is 0 Å². The minimum absolute atomic E-state index is 0.0862. The summed E-state index contributed by atoms with van der Waals surface area (Å²) in [7, 11) is 0. The standard InChI is InChI=1S/C19H30O9/c1-10-6-11(22)7-18(2,3)19(10,26)5-4-12(8-20)27-17-16(25)15(24)14(23)13(9-21)28-17/h4-6,12-17,20-21,23-26H,7-9H2,1-3H3. The van der Waals surface area contributed by atoms with Gasteiger partial charge in [-0.25, -0.2) is 0 Å². The summed E-state index contributed by atoms with van der Waals surface area (Å²) in [6, 6.07) is 0. The van der Waals surface area contributed by atoms with Crippen molar-refractivity contribution < 1.29 is 44.9 Å². The van der Waals surface area contributed by atoms with Gasteiger partial charge in [0.25, 0.3) is 0 Å². The molecule has 0 spiro atoms. The first-order chi connectivity index (χ1) is 13.0. The summed E-state index contributed by atoms with van der Waals surface area (Å²) in [4.78, 5) is 11.8. The Morgan fingerprint density at radius 2 is 1.89 bits per heavy atom. The fourth-order valence-electron chi connectivity index (χ4n) is 3.61. The molecule has 0 aromatic rings. The summed E-state index contributed by atoms with van der Waals surface area (Å²) in [5.41, 5.74) is -1.79. The van der Waals surface area contributed by atoms with Crippen LogP contribution in [-0.2, 0) is 14.3 Å². The molecule has 9 heteroatoms. The average molecular weight is 402 g/mol. The van der Waals surface area contributed by atoms with Gasteiger partial charge in [-0.15, -0.1) is 0 Å². The molecule has 0 radical (unpaired) electrons. The number of carbonyl (C=O) groups excluding carboxylic acids is 1. The fourth-order valence-corrected chi connectivity index (χ4v) is 3.61. The molecular weight excluding hydrogens is 372 g/mol. The van der Waals surface area contributed by atoms with Crippen molar-refractivity contribution in [1.82, 2.24) is 0 Å². The van der Waals surface area contributed by atoms with Gasteiger partial charge in [0.2, 0.25) is 0 Å². The van der Waals surface area contributed by atoms with E-state index in [4.69, 9.17) is 9.47 Å². The summed E-state index contributed by atoms with van der Waals surface area (Å²) in [6.45, 7) is 4.01. The first kappa shape index (κ1) is 23.1. The summed E-state index contributed by atoms with van der Waals surface area (Å²) in [5, 5.41) is 59.6. The SMILES string of the molecule is CC1=CC(=O)CC(C)(C)C1(O)C=CC(CO)OC1OC(CO)C(O)C(O)C1O. The second-order valence-corrected chi connectivity index (χ2v) is 8.03. The van der Waals surface area contributed by atoms with Crippen molar-refractivity contribution in [2.45, 2.75) is 69.6 Å². The summed E-state index contributed by atoms with van der Waals surface area (Å²) in [6.07, 6.45) is -3.96. The largest absolute Gasteiger partial charge is 0.394 e. The molecule has 1 fully saturated rings. The molecule has 0 saturated carbocycles. The molecule has 1 saturated heterocycles. The molecule has 7 atom stereocenters. The summed E-state index contributed by atoms with van der Waals surface area (Å²) >= 11 is 0. The highest BCUT2D eigenvalue weighted by molar-refractivity contribution is 5.92. The first-order valence-corrected chi connectivity index (χ1v) is 9.17. The van der Waals surface area contributed by atoms with E-state index < -0.39 is 61.0 Å². The van der Waals surface area contributed by atoms with E-state index in [1.54, 1.807) is 20.8 Å². The Bertz CT molecular complexity index is 627. The third-order valence-corrected chi connectivity index (χ3v) is 5.52. The number of rotatable bonds is 6. The lowest BCUT2D eigenvalue weighted by Crippen LogP contribution is -2.59. The zero-order valence-corrected chi connectivity index (χ0v) is 16.2. The van der Waals surface area contributed by atoms with Crippen molar-refractivity contribution in [1.29, 1.82) is 0 Å². The van der Waals surface area contributed by atoms with Gasteiger partial charge in [-0.1, -0.05) is 19.9 Å². The number of aliphatic hydroxyl groups is 6. The molecule has 6 N–H and O–H groups in total. The van der Waals surface area contributed by atoms with Gasteiger partial charge < -0.3 is 40.1 Å². The van der Waals surface area contributed by atoms with Crippen LogP contribution in [-0.4, -0.2) is 92.0 Å². The van der Waals surface area contributed by atoms with Gasteiger partial charge in [0.1, 0.15) is 36.1 Å². The second-order valence-electron chi connectivity index (χ2n) is 8.03. The minimum Gasteiger partial charge on any atom is -0.394 e. The number of ether oxygens (including phenoxy) is 2. The van der Waals surface area contributed by atoms with Crippen molar-refractivity contribution >= 4 is 5.78 Å². The normalized spacial score (nSPS) is 39.8. The second kappa shape index (κ2) is 8.68. The molecule has 0 aromatic carbocycles. The highest BCUT2D eigenvalue weighted by atomic mass is 16.7. The maximum absolute atomic E-state index is 11.8. The lowest BCUT2D eigenvalue weighted by molar-refractivity contribution is -0.309. The third-order valence-electron chi connectivity index (χ3n) is 5.52. The highest BCUT2D eigenvalue weighted by Gasteiger charge is 2.47. The average Bonchev–Trinajstić information content (AvgIpc) is 2.62. The topological polar surface area (TPSA) is 157 Å². The predicted octanol–water partition coefficient (Wildman–Crippen LogP) is -1.60. The zero-order chi connectivity index (χ0) is 21.3. The molecule has 1 aliphatic heterocycles. The Hall–Kier alpha value is -1.17. The monoisotopic (exact) mass is 402 g/mol. The van der Waals surface area contributed by atoms with E-state index in [-0.39, 0.29) is 12.2 Å². The van der Waals surface area contributed by atoms with Crippen LogP contribution in [0.1, 0.15) is 27.2 Å². The predicted molar refractivity (Wildman–Crippen MR) is 97.0 cm³/mol. The van der Waals surface area contributed by atoms with E-state index in [0.29, 0.717) is 5.57 Å². The molecule has 1 aliphatic carbocycles. The Morgan fingerprint density at radius 1 is 1.25 bits per heavy atom. The molecular formula is C19H30O9. The minimum atomic E-state index is -1.60. The lowest BCUT2D eigenvalue weighted by atomic mass is 9.64. The van der Waals surface area contributed by atoms with Gasteiger partial charge in [0.05, 0.1) is 13.2 Å². The van der Waals surface area contributed by atoms with Crippen LogP contribution >= 0.6 is 0 Å². The van der Waals surface area contributed by atoms with E-state index in [0.717, 1.165) is 0 Å². The Labute approximate surface area is 163 Å². The van der Waals surface area contributed by atoms with Gasteiger partial charge in [-0.3, -0.25) is 4.79 Å². The molecule has 2 rings (SSSR count). The maximum atomic E-state index is 11.8. The number of ketones is 1. The van der Waals surface area contributed by atoms with E-state index in [9.17, 15) is 35.4 Å². The van der Waals surface area contributed by atoms with Gasteiger partial charge in [-0.2, -0.15) is 0 Å². The zero-order valence-electron chi connectivity index (χ0n) is 16.2. The Kier molecular flexibility index (Phi) is 7.17. The highest BCUT2D eigenvalue weighted by Crippen LogP contribution is 2.44. The Balaban J connectivity index is 2.17. The van der Waals surface area contributed by atoms with Crippen molar-refractivity contribution in [3.63, 3.8) is 0 Å². The van der Waals surface area contributed by atoms with Crippen LogP contribution in [0.5, 0.6) is 0 Å². The quantitative estimate of drug-likeness (QED) is 0.288. The summed E-state index contributed by atoms with van der Waals surface area (Å²) < 4.78 is 10.7. The molecule has 7 unspecified atom stereocenters. The number of carbonyl (C=O) groups is 1. The number of hydrogen-bond donors (Lipinski definition) is 6. The molecule has 9 nitrogen and oxygen atoms in total. The van der Waals surface area contributed by atoms with Crippen LogP contribution in [0.15, 0.2) is 23.8 Å². The van der Waals surface area contributed by atoms with E-state index in [2.05, 4.69) is 0 Å². The lowest BCUT2D eigenvalue weighted by Gasteiger charge is -2.44. The van der Waals surface area contributed by atoms with Crippen molar-refractivity contribution in [3.8, 4) is 0 Å². The van der Waals surface area contributed by atoms with Gasteiger partial charge in [0.15, 0.2) is 12.1 Å². The summed E-state index contributed by atoms with van der Waals surface area (Å²) in [5.74, 6) is -0.0862. The maximum Gasteiger partial charge on any atom is 0.187 e. The van der Waals surface area contributed by atoms with Crippen molar-refractivity contribution in [3.05, 3.63) is 23.8 Å².